The standard InChI is InChI=1S/C9H14O/c1-7-2-3-8-5-10-6-9(8)4-7/h1,7-9H,2-6H2. The zero-order chi connectivity index (χ0) is 6.97. The molecule has 1 heterocycles. The number of hydrogen-bond donors (Lipinski definition) is 0. The first-order valence-electron chi connectivity index (χ1n) is 4.19. The largest absolute Gasteiger partial charge is 0.381 e. The van der Waals surface area contributed by atoms with Crippen molar-refractivity contribution in [2.24, 2.45) is 17.8 Å². The van der Waals surface area contributed by atoms with E-state index in [0.717, 1.165) is 25.0 Å². The van der Waals surface area contributed by atoms with E-state index in [1.807, 2.05) is 0 Å². The third kappa shape index (κ3) is 1.07. The molecule has 1 nitrogen and oxygen atoms in total. The smallest absolute Gasteiger partial charge is 0.0498 e. The van der Waals surface area contributed by atoms with Gasteiger partial charge in [-0.15, -0.1) is 0 Å². The van der Waals surface area contributed by atoms with Crippen LogP contribution in [0.5, 0.6) is 0 Å². The molecule has 2 rings (SSSR count). The van der Waals surface area contributed by atoms with Crippen LogP contribution in [0.1, 0.15) is 19.3 Å². The molecule has 1 saturated heterocycles. The van der Waals surface area contributed by atoms with Crippen molar-refractivity contribution in [3.05, 3.63) is 6.92 Å². The minimum Gasteiger partial charge on any atom is -0.381 e. The van der Waals surface area contributed by atoms with Crippen LogP contribution in [0.15, 0.2) is 0 Å². The van der Waals surface area contributed by atoms with Gasteiger partial charge in [-0.1, -0.05) is 0 Å². The molecule has 3 unspecified atom stereocenters. The van der Waals surface area contributed by atoms with Gasteiger partial charge in [-0.3, -0.25) is 0 Å². The molecule has 3 atom stereocenters. The molecule has 10 heavy (non-hydrogen) atoms. The van der Waals surface area contributed by atoms with Crippen LogP contribution in [0.3, 0.4) is 0 Å². The number of hydrogen-bond acceptors (Lipinski definition) is 1. The summed E-state index contributed by atoms with van der Waals surface area (Å²) in [7, 11) is 0. The summed E-state index contributed by atoms with van der Waals surface area (Å²) in [5.41, 5.74) is 0. The van der Waals surface area contributed by atoms with Gasteiger partial charge >= 0.3 is 0 Å². The third-order valence-electron chi connectivity index (χ3n) is 2.84. The number of ether oxygens (including phenoxy) is 1. The van der Waals surface area contributed by atoms with Crippen LogP contribution >= 0.6 is 0 Å². The summed E-state index contributed by atoms with van der Waals surface area (Å²) in [4.78, 5) is 0. The lowest BCUT2D eigenvalue weighted by molar-refractivity contribution is 0.180. The highest BCUT2D eigenvalue weighted by atomic mass is 16.5. The van der Waals surface area contributed by atoms with Gasteiger partial charge < -0.3 is 4.74 Å². The Labute approximate surface area is 62.8 Å². The van der Waals surface area contributed by atoms with Crippen molar-refractivity contribution >= 4 is 0 Å². The van der Waals surface area contributed by atoms with Gasteiger partial charge in [0.25, 0.3) is 0 Å². The Hall–Kier alpha value is -0.0400. The zero-order valence-corrected chi connectivity index (χ0v) is 6.25. The Kier molecular flexibility index (Phi) is 1.69. The zero-order valence-electron chi connectivity index (χ0n) is 6.25. The van der Waals surface area contributed by atoms with Crippen molar-refractivity contribution in [2.45, 2.75) is 19.3 Å². The van der Waals surface area contributed by atoms with Gasteiger partial charge in [-0.05, 0) is 43.9 Å². The van der Waals surface area contributed by atoms with Crippen LogP contribution < -0.4 is 0 Å². The maximum Gasteiger partial charge on any atom is 0.0498 e. The molecular formula is C9H14O. The van der Waals surface area contributed by atoms with Crippen molar-refractivity contribution < 1.29 is 4.74 Å². The molecule has 0 spiro atoms. The first-order valence-corrected chi connectivity index (χ1v) is 4.19. The Morgan fingerprint density at radius 2 is 1.90 bits per heavy atom. The van der Waals surface area contributed by atoms with Crippen molar-refractivity contribution in [3.8, 4) is 0 Å². The second-order valence-corrected chi connectivity index (χ2v) is 3.63. The number of rotatable bonds is 0. The highest BCUT2D eigenvalue weighted by molar-refractivity contribution is 4.83. The fourth-order valence-corrected chi connectivity index (χ4v) is 2.16. The fraction of sp³-hybridized carbons (Fsp3) is 0.889. The molecule has 0 aromatic heterocycles. The van der Waals surface area contributed by atoms with Gasteiger partial charge in [0.1, 0.15) is 0 Å². The third-order valence-corrected chi connectivity index (χ3v) is 2.84. The lowest BCUT2D eigenvalue weighted by atomic mass is 9.77. The van der Waals surface area contributed by atoms with Crippen LogP contribution in [0.25, 0.3) is 0 Å². The van der Waals surface area contributed by atoms with E-state index < -0.39 is 0 Å². The van der Waals surface area contributed by atoms with E-state index in [2.05, 4.69) is 0 Å². The quantitative estimate of drug-likeness (QED) is 0.495. The average Bonchev–Trinajstić information content (AvgIpc) is 2.33. The minimum atomic E-state index is 0.461. The molecule has 0 bridgehead atoms. The van der Waals surface area contributed by atoms with Crippen LogP contribution in [-0.2, 0) is 4.74 Å². The average molecular weight is 138 g/mol. The van der Waals surface area contributed by atoms with Crippen molar-refractivity contribution in [3.63, 3.8) is 0 Å². The highest BCUT2D eigenvalue weighted by Gasteiger charge is 2.32. The van der Waals surface area contributed by atoms with Gasteiger partial charge in [-0.2, -0.15) is 0 Å². The van der Waals surface area contributed by atoms with Crippen molar-refractivity contribution in [2.75, 3.05) is 13.2 Å². The molecule has 0 aromatic rings. The lowest BCUT2D eigenvalue weighted by Crippen LogP contribution is -2.21. The molecule has 0 aromatic carbocycles. The van der Waals surface area contributed by atoms with Crippen LogP contribution in [-0.4, -0.2) is 13.2 Å². The van der Waals surface area contributed by atoms with Gasteiger partial charge in [-0.25, -0.2) is 0 Å². The van der Waals surface area contributed by atoms with E-state index in [9.17, 15) is 0 Å². The molecule has 0 N–H and O–H groups in total. The number of fused-ring (bicyclic) bond motifs is 1. The molecule has 0 amide bonds. The maximum absolute atomic E-state index is 5.84. The van der Waals surface area contributed by atoms with E-state index in [0.29, 0.717) is 5.92 Å². The molecule has 56 valence electrons. The molecular weight excluding hydrogens is 124 g/mol. The van der Waals surface area contributed by atoms with Gasteiger partial charge in [0.05, 0.1) is 0 Å². The van der Waals surface area contributed by atoms with Crippen LogP contribution in [0.4, 0.5) is 0 Å². The summed E-state index contributed by atoms with van der Waals surface area (Å²) in [5, 5.41) is 0. The first-order chi connectivity index (χ1) is 4.86. The summed E-state index contributed by atoms with van der Waals surface area (Å²) in [6, 6.07) is 0. The van der Waals surface area contributed by atoms with Crippen LogP contribution in [0, 0.1) is 24.7 Å². The van der Waals surface area contributed by atoms with Crippen molar-refractivity contribution in [1.82, 2.24) is 0 Å². The van der Waals surface area contributed by atoms with E-state index >= 15 is 0 Å². The van der Waals surface area contributed by atoms with Gasteiger partial charge in [0.15, 0.2) is 0 Å². The molecule has 2 fully saturated rings. The summed E-state index contributed by atoms with van der Waals surface area (Å²) in [6.07, 6.45) is 3.71. The highest BCUT2D eigenvalue weighted by Crippen LogP contribution is 2.37. The maximum atomic E-state index is 5.84. The predicted molar refractivity (Wildman–Crippen MR) is 39.4 cm³/mol. The molecule has 2 aliphatic rings. The summed E-state index contributed by atoms with van der Waals surface area (Å²) < 4.78 is 5.38. The van der Waals surface area contributed by atoms with Crippen molar-refractivity contribution in [1.29, 1.82) is 0 Å². The summed E-state index contributed by atoms with van der Waals surface area (Å²) in [6.45, 7) is 7.80. The van der Waals surface area contributed by atoms with E-state index in [1.165, 1.54) is 19.3 Å². The lowest BCUT2D eigenvalue weighted by Gasteiger charge is -2.27. The molecule has 1 aliphatic heterocycles. The Morgan fingerprint density at radius 1 is 1.10 bits per heavy atom. The minimum absolute atomic E-state index is 0.461. The second-order valence-electron chi connectivity index (χ2n) is 3.63. The Balaban J connectivity index is 1.96. The first kappa shape index (κ1) is 6.66. The van der Waals surface area contributed by atoms with Gasteiger partial charge in [0.2, 0.25) is 0 Å². The normalized spacial score (nSPS) is 47.1. The summed E-state index contributed by atoms with van der Waals surface area (Å²) in [5.74, 6) is 2.10. The second kappa shape index (κ2) is 2.54. The molecule has 2 radical (unpaired) electrons. The monoisotopic (exact) mass is 138 g/mol. The fourth-order valence-electron chi connectivity index (χ4n) is 2.16. The topological polar surface area (TPSA) is 9.23 Å². The SMILES string of the molecule is [CH]C1CCC2COCC2C1. The molecule has 1 saturated carbocycles. The molecule has 1 heteroatoms. The molecule has 1 aliphatic carbocycles. The van der Waals surface area contributed by atoms with E-state index in [-0.39, 0.29) is 0 Å². The Bertz CT molecular complexity index is 122. The van der Waals surface area contributed by atoms with Gasteiger partial charge in [0, 0.05) is 13.2 Å². The summed E-state index contributed by atoms with van der Waals surface area (Å²) >= 11 is 0. The van der Waals surface area contributed by atoms with Crippen LogP contribution in [0.2, 0.25) is 0 Å². The van der Waals surface area contributed by atoms with E-state index in [4.69, 9.17) is 11.7 Å². The Morgan fingerprint density at radius 3 is 2.80 bits per heavy atom. The predicted octanol–water partition coefficient (Wildman–Crippen LogP) is 1.76. The van der Waals surface area contributed by atoms with E-state index in [1.54, 1.807) is 0 Å².